The lowest BCUT2D eigenvalue weighted by Crippen LogP contribution is -2.00. The van der Waals surface area contributed by atoms with Crippen molar-refractivity contribution in [1.29, 1.82) is 0 Å². The van der Waals surface area contributed by atoms with Crippen LogP contribution in [0, 0.1) is 0 Å². The molecule has 0 saturated carbocycles. The lowest BCUT2D eigenvalue weighted by atomic mass is 9.97. The van der Waals surface area contributed by atoms with Gasteiger partial charge in [0.25, 0.3) is 0 Å². The highest BCUT2D eigenvalue weighted by Crippen LogP contribution is 2.20. The monoisotopic (exact) mass is 264 g/mol. The Morgan fingerprint density at radius 1 is 0.842 bits per heavy atom. The quantitative estimate of drug-likeness (QED) is 0.502. The topological polar surface area (TPSA) is 37.3 Å². The van der Waals surface area contributed by atoms with E-state index in [-0.39, 0.29) is 0 Å². The van der Waals surface area contributed by atoms with E-state index in [2.05, 4.69) is 33.8 Å². The molecular weight excluding hydrogens is 236 g/mol. The van der Waals surface area contributed by atoms with Gasteiger partial charge in [0.1, 0.15) is 0 Å². The van der Waals surface area contributed by atoms with Crippen LogP contribution in [0.1, 0.15) is 67.2 Å². The van der Waals surface area contributed by atoms with Crippen LogP contribution in [0.4, 0.5) is 0 Å². The zero-order valence-corrected chi connectivity index (χ0v) is 13.3. The number of aliphatic carboxylic acids is 1. The van der Waals surface area contributed by atoms with Gasteiger partial charge < -0.3 is 5.11 Å². The van der Waals surface area contributed by atoms with Gasteiger partial charge in [0.05, 0.1) is 0 Å². The number of rotatable bonds is 7. The van der Waals surface area contributed by atoms with Crippen LogP contribution < -0.4 is 0 Å². The predicted octanol–water partition coefficient (Wildman–Crippen LogP) is 5.27. The highest BCUT2D eigenvalue weighted by atomic mass is 16.4. The van der Waals surface area contributed by atoms with Crippen molar-refractivity contribution in [1.82, 2.24) is 0 Å². The van der Waals surface area contributed by atoms with Crippen molar-refractivity contribution >= 4 is 5.97 Å². The van der Waals surface area contributed by atoms with Gasteiger partial charge in [-0.25, -0.2) is 4.79 Å². The number of carbonyl (C=O) groups is 1. The first-order valence-electron chi connectivity index (χ1n) is 6.96. The molecule has 0 aliphatic rings. The van der Waals surface area contributed by atoms with Gasteiger partial charge in [0.2, 0.25) is 0 Å². The zero-order valence-electron chi connectivity index (χ0n) is 13.3. The van der Waals surface area contributed by atoms with Gasteiger partial charge in [-0.15, -0.1) is 0 Å². The fourth-order valence-corrected chi connectivity index (χ4v) is 1.70. The van der Waals surface area contributed by atoms with Crippen LogP contribution in [0.15, 0.2) is 33.9 Å². The summed E-state index contributed by atoms with van der Waals surface area (Å²) in [7, 11) is 0. The summed E-state index contributed by atoms with van der Waals surface area (Å²) < 4.78 is 0. The minimum absolute atomic E-state index is 0.482. The van der Waals surface area contributed by atoms with E-state index >= 15 is 0 Å². The van der Waals surface area contributed by atoms with E-state index < -0.39 is 5.97 Å². The SMILES string of the molecule is CC=C(C)CCC(C)=C(C)CCC(C)=C(C)C(=O)O. The second-order valence-corrected chi connectivity index (χ2v) is 5.41. The van der Waals surface area contributed by atoms with Crippen LogP contribution in [0.5, 0.6) is 0 Å². The van der Waals surface area contributed by atoms with E-state index in [9.17, 15) is 4.79 Å². The molecule has 0 spiro atoms. The molecule has 0 amide bonds. The summed E-state index contributed by atoms with van der Waals surface area (Å²) in [5.74, 6) is -0.806. The van der Waals surface area contributed by atoms with Crippen molar-refractivity contribution in [3.8, 4) is 0 Å². The van der Waals surface area contributed by atoms with Gasteiger partial charge in [-0.2, -0.15) is 0 Å². The third-order valence-electron chi connectivity index (χ3n) is 3.95. The maximum absolute atomic E-state index is 10.9. The number of hydrogen-bond acceptors (Lipinski definition) is 1. The molecule has 2 heteroatoms. The molecule has 0 aliphatic carbocycles. The summed E-state index contributed by atoms with van der Waals surface area (Å²) in [5, 5.41) is 8.92. The number of carboxylic acid groups (broad SMARTS) is 1. The largest absolute Gasteiger partial charge is 0.478 e. The van der Waals surface area contributed by atoms with Crippen LogP contribution in [0.3, 0.4) is 0 Å². The van der Waals surface area contributed by atoms with Gasteiger partial charge in [-0.05, 0) is 67.2 Å². The molecule has 0 aliphatic heterocycles. The van der Waals surface area contributed by atoms with Crippen LogP contribution >= 0.6 is 0 Å². The van der Waals surface area contributed by atoms with Crippen molar-refractivity contribution in [2.24, 2.45) is 0 Å². The number of carboxylic acids is 1. The molecule has 0 radical (unpaired) electrons. The van der Waals surface area contributed by atoms with Gasteiger partial charge >= 0.3 is 5.97 Å². The van der Waals surface area contributed by atoms with Gasteiger partial charge in [-0.1, -0.05) is 28.4 Å². The Bertz CT molecular complexity index is 409. The molecule has 1 N–H and O–H groups in total. The van der Waals surface area contributed by atoms with E-state index in [1.54, 1.807) is 6.92 Å². The third kappa shape index (κ3) is 7.00. The first-order chi connectivity index (χ1) is 8.79. The van der Waals surface area contributed by atoms with Gasteiger partial charge in [0.15, 0.2) is 0 Å². The molecule has 19 heavy (non-hydrogen) atoms. The Morgan fingerprint density at radius 2 is 1.26 bits per heavy atom. The Kier molecular flexibility index (Phi) is 8.13. The highest BCUT2D eigenvalue weighted by molar-refractivity contribution is 5.86. The van der Waals surface area contributed by atoms with Crippen LogP contribution in [-0.2, 0) is 4.79 Å². The molecule has 0 atom stereocenters. The second-order valence-electron chi connectivity index (χ2n) is 5.41. The number of hydrogen-bond donors (Lipinski definition) is 1. The molecule has 0 heterocycles. The molecule has 0 unspecified atom stereocenters. The molecule has 0 aromatic rings. The maximum Gasteiger partial charge on any atom is 0.331 e. The lowest BCUT2D eigenvalue weighted by Gasteiger charge is -2.09. The molecule has 2 nitrogen and oxygen atoms in total. The summed E-state index contributed by atoms with van der Waals surface area (Å²) in [6.07, 6.45) is 6.16. The Morgan fingerprint density at radius 3 is 1.68 bits per heavy atom. The van der Waals surface area contributed by atoms with Crippen molar-refractivity contribution in [3.05, 3.63) is 33.9 Å². The Hall–Kier alpha value is -1.31. The van der Waals surface area contributed by atoms with E-state index in [1.807, 2.05) is 6.92 Å². The first-order valence-corrected chi connectivity index (χ1v) is 6.96. The molecule has 0 saturated heterocycles. The van der Waals surface area contributed by atoms with E-state index in [4.69, 9.17) is 5.11 Å². The third-order valence-corrected chi connectivity index (χ3v) is 3.95. The molecule has 0 fully saturated rings. The van der Waals surface area contributed by atoms with Crippen LogP contribution in [0.2, 0.25) is 0 Å². The summed E-state index contributed by atoms with van der Waals surface area (Å²) >= 11 is 0. The Balaban J connectivity index is 4.48. The summed E-state index contributed by atoms with van der Waals surface area (Å²) in [6.45, 7) is 12.2. The molecule has 0 rings (SSSR count). The normalized spacial score (nSPS) is 14.9. The maximum atomic E-state index is 10.9. The van der Waals surface area contributed by atoms with Gasteiger partial charge in [-0.3, -0.25) is 0 Å². The minimum atomic E-state index is -0.806. The molecule has 0 aromatic heterocycles. The fourth-order valence-electron chi connectivity index (χ4n) is 1.70. The smallest absolute Gasteiger partial charge is 0.331 e. The standard InChI is InChI=1S/C17H28O2/c1-7-12(2)8-9-13(3)14(4)10-11-15(5)16(6)17(18)19/h7H,8-11H2,1-6H3,(H,18,19). The lowest BCUT2D eigenvalue weighted by molar-refractivity contribution is -0.132. The average Bonchev–Trinajstić information content (AvgIpc) is 2.39. The summed E-state index contributed by atoms with van der Waals surface area (Å²) in [4.78, 5) is 10.9. The second kappa shape index (κ2) is 8.73. The minimum Gasteiger partial charge on any atom is -0.478 e. The average molecular weight is 264 g/mol. The van der Waals surface area contributed by atoms with Crippen LogP contribution in [-0.4, -0.2) is 11.1 Å². The zero-order chi connectivity index (χ0) is 15.0. The molecular formula is C17H28O2. The van der Waals surface area contributed by atoms with Crippen molar-refractivity contribution in [3.63, 3.8) is 0 Å². The van der Waals surface area contributed by atoms with Gasteiger partial charge in [0, 0.05) is 5.57 Å². The summed E-state index contributed by atoms with van der Waals surface area (Å²) in [5.41, 5.74) is 5.70. The van der Waals surface area contributed by atoms with Crippen molar-refractivity contribution in [2.75, 3.05) is 0 Å². The fraction of sp³-hybridized carbons (Fsp3) is 0.588. The van der Waals surface area contributed by atoms with E-state index in [1.165, 1.54) is 16.7 Å². The van der Waals surface area contributed by atoms with E-state index in [0.717, 1.165) is 31.3 Å². The van der Waals surface area contributed by atoms with Crippen molar-refractivity contribution < 1.29 is 9.90 Å². The van der Waals surface area contributed by atoms with Crippen LogP contribution in [0.25, 0.3) is 0 Å². The van der Waals surface area contributed by atoms with E-state index in [0.29, 0.717) is 5.57 Å². The number of allylic oxidation sites excluding steroid dienone is 5. The molecule has 108 valence electrons. The Labute approximate surface area is 117 Å². The van der Waals surface area contributed by atoms with Crippen molar-refractivity contribution in [2.45, 2.75) is 67.2 Å². The first kappa shape index (κ1) is 17.7. The predicted molar refractivity (Wildman–Crippen MR) is 82.3 cm³/mol. The highest BCUT2D eigenvalue weighted by Gasteiger charge is 2.06. The summed E-state index contributed by atoms with van der Waals surface area (Å²) in [6, 6.07) is 0. The molecule has 0 bridgehead atoms. The molecule has 0 aromatic carbocycles.